The minimum absolute atomic E-state index is 0.0861. The zero-order valence-corrected chi connectivity index (χ0v) is 15.3. The largest absolute Gasteiger partial charge is 0.478 e. The van der Waals surface area contributed by atoms with Gasteiger partial charge >= 0.3 is 0 Å². The van der Waals surface area contributed by atoms with Crippen LogP contribution < -0.4 is 4.74 Å². The summed E-state index contributed by atoms with van der Waals surface area (Å²) in [6, 6.07) is 13.5. The maximum atomic E-state index is 14.2. The molecule has 4 rings (SSSR count). The molecule has 30 heavy (non-hydrogen) atoms. The minimum atomic E-state index is -1.41. The van der Waals surface area contributed by atoms with Crippen LogP contribution in [0.1, 0.15) is 22.8 Å². The lowest BCUT2D eigenvalue weighted by Gasteiger charge is -2.29. The molecule has 5 nitrogen and oxygen atoms in total. The van der Waals surface area contributed by atoms with E-state index in [1.165, 1.54) is 0 Å². The normalized spacial score (nSPS) is 17.5. The second kappa shape index (κ2) is 7.52. The fourth-order valence-electron chi connectivity index (χ4n) is 3.56. The summed E-state index contributed by atoms with van der Waals surface area (Å²) < 4.78 is 46.9. The third-order valence-electron chi connectivity index (χ3n) is 5.03. The molecule has 0 radical (unpaired) electrons. The lowest BCUT2D eigenvalue weighted by molar-refractivity contribution is -0.535. The molecule has 1 heterocycles. The van der Waals surface area contributed by atoms with E-state index in [2.05, 4.69) is 6.07 Å². The van der Waals surface area contributed by atoms with Crippen molar-refractivity contribution < 1.29 is 22.8 Å². The molecule has 0 fully saturated rings. The molecule has 0 aliphatic carbocycles. The van der Waals surface area contributed by atoms with E-state index in [1.807, 2.05) is 0 Å². The highest BCUT2D eigenvalue weighted by Gasteiger charge is 2.41. The number of fused-ring (bicyclic) bond motifs is 1. The summed E-state index contributed by atoms with van der Waals surface area (Å²) in [4.78, 5) is 11.0. The van der Waals surface area contributed by atoms with E-state index in [1.54, 1.807) is 42.5 Å². The van der Waals surface area contributed by atoms with E-state index in [0.717, 1.165) is 11.1 Å². The van der Waals surface area contributed by atoms with Crippen molar-refractivity contribution in [2.24, 2.45) is 0 Å². The van der Waals surface area contributed by atoms with Crippen molar-refractivity contribution in [3.8, 4) is 22.9 Å². The number of hydrogen-bond acceptors (Lipinski definition) is 4. The maximum Gasteiger partial charge on any atom is 0.257 e. The van der Waals surface area contributed by atoms with Crippen LogP contribution in [0.3, 0.4) is 0 Å². The van der Waals surface area contributed by atoms with Crippen LogP contribution in [0.2, 0.25) is 0 Å². The molecule has 3 aromatic carbocycles. The lowest BCUT2D eigenvalue weighted by atomic mass is 9.90. The van der Waals surface area contributed by atoms with Gasteiger partial charge in [0.1, 0.15) is 11.6 Å². The van der Waals surface area contributed by atoms with Gasteiger partial charge in [-0.1, -0.05) is 18.2 Å². The average molecular weight is 410 g/mol. The fraction of sp³-hybridized carbons (Fsp3) is 0.136. The van der Waals surface area contributed by atoms with Gasteiger partial charge in [0.2, 0.25) is 0 Å². The number of halogens is 3. The number of benzene rings is 3. The number of hydrogen-bond donors (Lipinski definition) is 0. The molecule has 8 heteroatoms. The van der Waals surface area contributed by atoms with Crippen molar-refractivity contribution in [3.05, 3.63) is 98.9 Å². The molecule has 0 bridgehead atoms. The van der Waals surface area contributed by atoms with Crippen molar-refractivity contribution in [2.45, 2.75) is 18.6 Å². The van der Waals surface area contributed by atoms with Crippen molar-refractivity contribution >= 4 is 0 Å². The van der Waals surface area contributed by atoms with Crippen molar-refractivity contribution in [2.75, 3.05) is 0 Å². The smallest absolute Gasteiger partial charge is 0.257 e. The Labute approximate surface area is 169 Å². The molecular weight excluding hydrogens is 397 g/mol. The van der Waals surface area contributed by atoms with Gasteiger partial charge in [-0.05, 0) is 41.5 Å². The molecule has 2 unspecified atom stereocenters. The molecule has 0 aromatic heterocycles. The quantitative estimate of drug-likeness (QED) is 0.347. The molecule has 3 aromatic rings. The van der Waals surface area contributed by atoms with Crippen LogP contribution in [-0.2, 0) is 6.42 Å². The first-order chi connectivity index (χ1) is 14.4. The van der Waals surface area contributed by atoms with Crippen LogP contribution in [0.5, 0.6) is 5.75 Å². The van der Waals surface area contributed by atoms with Crippen molar-refractivity contribution in [1.82, 2.24) is 0 Å². The first-order valence-corrected chi connectivity index (χ1v) is 8.95. The molecule has 1 aliphatic heterocycles. The Morgan fingerprint density at radius 3 is 2.47 bits per heavy atom. The zero-order valence-electron chi connectivity index (χ0n) is 15.3. The molecule has 1 aliphatic rings. The molecule has 150 valence electrons. The van der Waals surface area contributed by atoms with Crippen LogP contribution in [0.25, 0.3) is 11.1 Å². The number of nitro groups is 1. The van der Waals surface area contributed by atoms with Gasteiger partial charge in [0.05, 0.1) is 11.6 Å². The average Bonchev–Trinajstić information content (AvgIpc) is 2.75. The predicted molar refractivity (Wildman–Crippen MR) is 101 cm³/mol. The van der Waals surface area contributed by atoms with E-state index in [-0.39, 0.29) is 6.42 Å². The van der Waals surface area contributed by atoms with Crippen molar-refractivity contribution in [3.63, 3.8) is 0 Å². The Hall–Kier alpha value is -3.86. The summed E-state index contributed by atoms with van der Waals surface area (Å²) in [5, 5.41) is 20.7. The monoisotopic (exact) mass is 410 g/mol. The van der Waals surface area contributed by atoms with E-state index in [0.29, 0.717) is 29.0 Å². The van der Waals surface area contributed by atoms with Crippen molar-refractivity contribution in [1.29, 1.82) is 5.26 Å². The third-order valence-corrected chi connectivity index (χ3v) is 5.03. The van der Waals surface area contributed by atoms with Gasteiger partial charge in [-0.2, -0.15) is 5.26 Å². The third kappa shape index (κ3) is 3.46. The molecule has 0 N–H and O–H groups in total. The Morgan fingerprint density at radius 1 is 1.00 bits per heavy atom. The summed E-state index contributed by atoms with van der Waals surface area (Å²) in [6.07, 6.45) is -1.49. The van der Waals surface area contributed by atoms with Gasteiger partial charge < -0.3 is 4.74 Å². The summed E-state index contributed by atoms with van der Waals surface area (Å²) in [5.74, 6) is -3.51. The first kappa shape index (κ1) is 19.5. The first-order valence-electron chi connectivity index (χ1n) is 8.95. The molecule has 0 amide bonds. The van der Waals surface area contributed by atoms with E-state index >= 15 is 0 Å². The highest BCUT2D eigenvalue weighted by molar-refractivity contribution is 5.67. The summed E-state index contributed by atoms with van der Waals surface area (Å²) >= 11 is 0. The van der Waals surface area contributed by atoms with Crippen LogP contribution >= 0.6 is 0 Å². The minimum Gasteiger partial charge on any atom is -0.478 e. The van der Waals surface area contributed by atoms with Gasteiger partial charge in [-0.3, -0.25) is 10.1 Å². The number of ether oxygens (including phenoxy) is 1. The zero-order chi connectivity index (χ0) is 21.4. The molecule has 0 saturated carbocycles. The Kier molecular flexibility index (Phi) is 4.88. The Bertz CT molecular complexity index is 1210. The highest BCUT2D eigenvalue weighted by Crippen LogP contribution is 2.39. The second-order valence-corrected chi connectivity index (χ2v) is 6.90. The fourth-order valence-corrected chi connectivity index (χ4v) is 3.56. The van der Waals surface area contributed by atoms with Gasteiger partial charge in [-0.25, -0.2) is 13.2 Å². The van der Waals surface area contributed by atoms with Gasteiger partial charge in [-0.15, -0.1) is 0 Å². The lowest BCUT2D eigenvalue weighted by Crippen LogP contribution is -2.37. The number of rotatable bonds is 3. The Balaban J connectivity index is 1.75. The number of nitriles is 1. The summed E-state index contributed by atoms with van der Waals surface area (Å²) in [7, 11) is 0. The topological polar surface area (TPSA) is 76.2 Å². The maximum absolute atomic E-state index is 14.2. The van der Waals surface area contributed by atoms with Gasteiger partial charge in [0.25, 0.3) is 6.04 Å². The van der Waals surface area contributed by atoms with Crippen LogP contribution in [-0.4, -0.2) is 11.0 Å². The van der Waals surface area contributed by atoms with E-state index in [4.69, 9.17) is 10.00 Å². The SMILES string of the molecule is N#Cc1cccc(-c2ccc3c(c2)CC([N+](=O)[O-])C(c2cc(F)c(F)cc2F)O3)c1. The molecule has 0 spiro atoms. The molecular formula is C22H13F3N2O3. The highest BCUT2D eigenvalue weighted by atomic mass is 19.2. The van der Waals surface area contributed by atoms with Crippen LogP contribution in [0.15, 0.2) is 54.6 Å². The van der Waals surface area contributed by atoms with Gasteiger partial charge in [0, 0.05) is 28.5 Å². The Morgan fingerprint density at radius 2 is 1.73 bits per heavy atom. The van der Waals surface area contributed by atoms with E-state index in [9.17, 15) is 23.3 Å². The van der Waals surface area contributed by atoms with Gasteiger partial charge in [0.15, 0.2) is 17.7 Å². The number of nitrogens with zero attached hydrogens (tertiary/aromatic N) is 2. The molecule has 0 saturated heterocycles. The second-order valence-electron chi connectivity index (χ2n) is 6.90. The molecule has 2 atom stereocenters. The summed E-state index contributed by atoms with van der Waals surface area (Å²) in [5.41, 5.74) is 2.07. The van der Waals surface area contributed by atoms with Crippen LogP contribution in [0.4, 0.5) is 13.2 Å². The summed E-state index contributed by atoms with van der Waals surface area (Å²) in [6.45, 7) is 0. The predicted octanol–water partition coefficient (Wildman–Crippen LogP) is 4.96. The van der Waals surface area contributed by atoms with Crippen LogP contribution in [0, 0.1) is 38.9 Å². The standard InChI is InChI=1S/C22H13F3N2O3/c23-17-10-19(25)18(24)9-16(17)22-20(27(28)29)8-15-7-14(4-5-21(15)30-22)13-3-1-2-12(6-13)11-26/h1-7,9-10,20,22H,8H2. The van der Waals surface area contributed by atoms with E-state index < -0.39 is 40.1 Å².